The van der Waals surface area contributed by atoms with Crippen LogP contribution in [0.2, 0.25) is 18.1 Å². The van der Waals surface area contributed by atoms with Gasteiger partial charge in [0.15, 0.2) is 8.32 Å². The van der Waals surface area contributed by atoms with Crippen molar-refractivity contribution in [3.8, 4) is 0 Å². The number of hydrogen-bond acceptors (Lipinski definition) is 15. The first-order valence-electron chi connectivity index (χ1n) is 34.2. The van der Waals surface area contributed by atoms with E-state index in [1.807, 2.05) is 184 Å². The van der Waals surface area contributed by atoms with Crippen molar-refractivity contribution in [3.63, 3.8) is 0 Å². The molecule has 0 heterocycles. The van der Waals surface area contributed by atoms with Crippen LogP contribution in [0.15, 0.2) is 255 Å². The summed E-state index contributed by atoms with van der Waals surface area (Å²) in [5.41, 5.74) is 17.6. The van der Waals surface area contributed by atoms with Gasteiger partial charge in [-0.05, 0) is 157 Å². The first-order valence-corrected chi connectivity index (χ1v) is 37.1. The second-order valence-corrected chi connectivity index (χ2v) is 29.5. The van der Waals surface area contributed by atoms with E-state index in [0.29, 0.717) is 47.8 Å². The largest absolute Gasteiger partial charge is 0.465 e. The number of aliphatic hydroxyl groups excluding tert-OH is 2. The lowest BCUT2D eigenvalue weighted by molar-refractivity contribution is -0.118. The molecule has 0 fully saturated rings. The molecule has 0 aliphatic rings. The number of para-hydroxylation sites is 6. The van der Waals surface area contributed by atoms with E-state index in [-0.39, 0.29) is 56.3 Å². The Morgan fingerprint density at radius 2 is 0.738 bits per heavy atom. The summed E-state index contributed by atoms with van der Waals surface area (Å²) in [5.74, 6) is -1.64. The predicted molar refractivity (Wildman–Crippen MR) is 415 cm³/mol. The number of ether oxygens (including phenoxy) is 1. The molecule has 0 spiro atoms. The molecule has 0 unspecified atom stereocenters. The van der Waals surface area contributed by atoms with E-state index in [0.717, 1.165) is 76.8 Å². The fraction of sp³-hybridized carbons (Fsp3) is 0.268. The van der Waals surface area contributed by atoms with Crippen molar-refractivity contribution < 1.29 is 58.6 Å². The van der Waals surface area contributed by atoms with Crippen molar-refractivity contribution in [2.24, 2.45) is 0 Å². The van der Waals surface area contributed by atoms with Crippen molar-refractivity contribution >= 4 is 77.9 Å². The Balaban J connectivity index is 0.000000271. The highest BCUT2D eigenvalue weighted by atomic mass is 28.4. The lowest BCUT2D eigenvalue weighted by Gasteiger charge is -2.36. The first-order chi connectivity index (χ1) is 49.6. The quantitative estimate of drug-likeness (QED) is 0.00608. The second kappa shape index (κ2) is 47.4. The molecule has 21 heteroatoms. The number of rotatable bonds is 26. The Morgan fingerprint density at radius 1 is 0.427 bits per heavy atom. The Bertz CT molecular complexity index is 3560. The van der Waals surface area contributed by atoms with E-state index in [1.54, 1.807) is 81.4 Å². The lowest BCUT2D eigenvalue weighted by Crippen LogP contribution is -2.41. The van der Waals surface area contributed by atoms with Crippen LogP contribution < -0.4 is 42.0 Å². The van der Waals surface area contributed by atoms with Crippen molar-refractivity contribution in [1.82, 2.24) is 11.0 Å². The topological polar surface area (TPSA) is 286 Å². The molecule has 546 valence electrons. The molecule has 0 saturated heterocycles. The maximum atomic E-state index is 12.6. The number of hydroxylamine groups is 2. The number of esters is 1. The Morgan fingerprint density at radius 3 is 1.02 bits per heavy atom. The van der Waals surface area contributed by atoms with E-state index < -0.39 is 20.1 Å². The van der Waals surface area contributed by atoms with Crippen molar-refractivity contribution in [2.45, 2.75) is 84.9 Å². The Kier molecular flexibility index (Phi) is 38.9. The van der Waals surface area contributed by atoms with Crippen molar-refractivity contribution in [3.05, 3.63) is 288 Å². The van der Waals surface area contributed by atoms with E-state index in [4.69, 9.17) is 25.7 Å². The summed E-state index contributed by atoms with van der Waals surface area (Å²) in [6.07, 6.45) is 2.47. The molecule has 0 aromatic heterocycles. The van der Waals surface area contributed by atoms with Gasteiger partial charge in [-0.3, -0.25) is 34.4 Å². The minimum absolute atomic E-state index is 0.0115. The number of nitrogens with zero attached hydrogens (tertiary/aromatic N) is 3. The summed E-state index contributed by atoms with van der Waals surface area (Å²) in [6, 6.07) is 77.9. The standard InChI is InChI=1S/C19H21NO3.C18H20N2O3.C17H18N2O4.C14H25NOSi.C8H11NO.C6H7N/c1-3-13-20(17-7-5-4-6-8-17)18(21)14-15-9-11-16(12-10-15)19(22)23-2;1-2-12-20(16-6-4-3-5-7-16)17(21)13-14-8-10-15(11-9-14)18(22)19-23;20-11-10-19(15-4-2-1-3-5-15)16(21)12-13-6-8-14(9-7-13)17(22)18-23;1-14(2,3)17(4,5)16-12-11-15-13-9-7-6-8-10-13;10-7-6-9-8-4-2-1-3-5-8;7-6-4-2-1-3-5-6/h4-12H,3,13-14H2,1-2H3;3-11,23H,2,12-13H2,1H3,(H,19,22);1-9,20,23H,10-12H2,(H,18,22);6-10,15H,11-12H2,1-5H3;1-5,9-10H,6-7H2;1-5H,7H2. The fourth-order valence-electron chi connectivity index (χ4n) is 9.41. The van der Waals surface area contributed by atoms with E-state index in [1.165, 1.54) is 24.1 Å². The molecule has 0 aliphatic heterocycles. The van der Waals surface area contributed by atoms with Gasteiger partial charge >= 0.3 is 5.97 Å². The number of hydrogen-bond donors (Lipinski definition) is 9. The van der Waals surface area contributed by atoms with Gasteiger partial charge in [0.05, 0.1) is 51.8 Å². The van der Waals surface area contributed by atoms with Crippen molar-refractivity contribution in [2.75, 3.05) is 90.7 Å². The zero-order valence-corrected chi connectivity index (χ0v) is 61.4. The molecule has 0 atom stereocenters. The number of nitrogens with one attached hydrogen (secondary N) is 4. The number of carbonyl (C=O) groups excluding carboxylic acids is 6. The number of nitrogens with two attached hydrogens (primary N) is 1. The number of amides is 5. The van der Waals surface area contributed by atoms with Gasteiger partial charge in [-0.1, -0.05) is 180 Å². The third-order valence-corrected chi connectivity index (χ3v) is 20.4. The summed E-state index contributed by atoms with van der Waals surface area (Å²) in [4.78, 5) is 76.7. The molecule has 20 nitrogen and oxygen atoms in total. The minimum Gasteiger partial charge on any atom is -0.465 e. The number of nitrogen functional groups attached to an aromatic ring is 1. The lowest BCUT2D eigenvalue weighted by atomic mass is 10.1. The molecule has 10 N–H and O–H groups in total. The molecule has 5 amide bonds. The van der Waals surface area contributed by atoms with Crippen LogP contribution in [-0.4, -0.2) is 124 Å². The molecule has 0 bridgehead atoms. The van der Waals surface area contributed by atoms with Gasteiger partial charge in [0, 0.05) is 78.0 Å². The highest BCUT2D eigenvalue weighted by molar-refractivity contribution is 6.74. The minimum atomic E-state index is -1.58. The highest BCUT2D eigenvalue weighted by Crippen LogP contribution is 2.36. The molecular weight excluding hydrogens is 1320 g/mol. The number of aliphatic hydroxyl groups is 2. The monoisotopic (exact) mass is 1420 g/mol. The van der Waals surface area contributed by atoms with Crippen LogP contribution >= 0.6 is 0 Å². The number of benzene rings is 9. The predicted octanol–water partition coefficient (Wildman–Crippen LogP) is 14.1. The molecule has 0 aliphatic carbocycles. The summed E-state index contributed by atoms with van der Waals surface area (Å²) in [7, 11) is -0.234. The average molecular weight is 1420 g/mol. The van der Waals surface area contributed by atoms with Crippen LogP contribution in [0, 0.1) is 0 Å². The van der Waals surface area contributed by atoms with Crippen LogP contribution in [-0.2, 0) is 42.8 Å². The third kappa shape index (κ3) is 31.8. The van der Waals surface area contributed by atoms with Gasteiger partial charge in [-0.15, -0.1) is 0 Å². The van der Waals surface area contributed by atoms with Crippen LogP contribution in [0.1, 0.15) is 95.2 Å². The molecule has 0 saturated carbocycles. The number of methoxy groups -OCH3 is 1. The third-order valence-electron chi connectivity index (χ3n) is 15.9. The van der Waals surface area contributed by atoms with Gasteiger partial charge in [-0.2, -0.15) is 0 Å². The van der Waals surface area contributed by atoms with E-state index in [2.05, 4.69) is 61.4 Å². The zero-order chi connectivity index (χ0) is 75.3. The number of carbonyl (C=O) groups is 6. The van der Waals surface area contributed by atoms with E-state index in [9.17, 15) is 33.9 Å². The van der Waals surface area contributed by atoms with Crippen LogP contribution in [0.25, 0.3) is 0 Å². The maximum absolute atomic E-state index is 12.6. The van der Waals surface area contributed by atoms with Crippen molar-refractivity contribution in [1.29, 1.82) is 0 Å². The van der Waals surface area contributed by atoms with Gasteiger partial charge in [0.25, 0.3) is 11.8 Å². The summed E-state index contributed by atoms with van der Waals surface area (Å²) in [6.45, 7) is 19.3. The second-order valence-electron chi connectivity index (χ2n) is 24.7. The summed E-state index contributed by atoms with van der Waals surface area (Å²) >= 11 is 0. The number of anilines is 6. The SMILES string of the molecule is CC(C)(C)[Si](C)(C)OCCNc1ccccc1.CCCN(C(=O)Cc1ccc(C(=O)NO)cc1)c1ccccc1.CCCN(C(=O)Cc1ccc(C(=O)OC)cc1)c1ccccc1.Nc1ccccc1.O=C(NO)c1ccc(CC(=O)N(CCO)c2ccccc2)cc1.OCCNc1ccccc1. The Hall–Kier alpha value is -10.8. The first kappa shape index (κ1) is 84.6. The van der Waals surface area contributed by atoms with Crippen LogP contribution in [0.3, 0.4) is 0 Å². The molecule has 0 radical (unpaired) electrons. The molecule has 9 aromatic carbocycles. The highest BCUT2D eigenvalue weighted by Gasteiger charge is 2.37. The molecule has 9 rings (SSSR count). The molecular formula is C82H102N8O12Si. The maximum Gasteiger partial charge on any atom is 0.337 e. The smallest absolute Gasteiger partial charge is 0.337 e. The average Bonchev–Trinajstić information content (AvgIpc) is 0.887. The zero-order valence-electron chi connectivity index (χ0n) is 60.4. The molecule has 103 heavy (non-hydrogen) atoms. The van der Waals surface area contributed by atoms with Gasteiger partial charge < -0.3 is 50.4 Å². The Labute approximate surface area is 608 Å². The van der Waals surface area contributed by atoms with Crippen LogP contribution in [0.4, 0.5) is 34.1 Å². The summed E-state index contributed by atoms with van der Waals surface area (Å²) in [5, 5.41) is 41.5. The van der Waals surface area contributed by atoms with Gasteiger partial charge in [0.2, 0.25) is 17.7 Å². The van der Waals surface area contributed by atoms with Gasteiger partial charge in [0.1, 0.15) is 0 Å². The summed E-state index contributed by atoms with van der Waals surface area (Å²) < 4.78 is 10.8. The van der Waals surface area contributed by atoms with Gasteiger partial charge in [-0.25, -0.2) is 15.8 Å². The fourth-order valence-corrected chi connectivity index (χ4v) is 10.5. The normalized spacial score (nSPS) is 10.4. The van der Waals surface area contributed by atoms with E-state index >= 15 is 0 Å². The van der Waals surface area contributed by atoms with Crippen LogP contribution in [0.5, 0.6) is 0 Å². The molecule has 9 aromatic rings.